The third-order valence-electron chi connectivity index (χ3n) is 3.65. The van der Waals surface area contributed by atoms with E-state index >= 15 is 0 Å². The molecule has 0 aliphatic rings. The molecule has 1 aromatic carbocycles. The average Bonchev–Trinajstić information content (AvgIpc) is 2.64. The maximum absolute atomic E-state index is 12.2. The normalized spacial score (nSPS) is 10.6. The summed E-state index contributed by atoms with van der Waals surface area (Å²) in [5.74, 6) is -0.158. The van der Waals surface area contributed by atoms with Crippen LogP contribution in [-0.4, -0.2) is 15.7 Å². The highest BCUT2D eigenvalue weighted by atomic mass is 16.1. The van der Waals surface area contributed by atoms with Crippen LogP contribution in [0.25, 0.3) is 0 Å². The van der Waals surface area contributed by atoms with Gasteiger partial charge in [-0.3, -0.25) is 9.48 Å². The van der Waals surface area contributed by atoms with Crippen LogP contribution in [0, 0.1) is 20.8 Å². The summed E-state index contributed by atoms with van der Waals surface area (Å²) < 4.78 is 1.82. The van der Waals surface area contributed by atoms with E-state index in [-0.39, 0.29) is 5.91 Å². The molecule has 0 aliphatic heterocycles. The number of anilines is 1. The van der Waals surface area contributed by atoms with Crippen LogP contribution in [0.2, 0.25) is 0 Å². The number of nitrogens with two attached hydrogens (primary N) is 1. The van der Waals surface area contributed by atoms with Gasteiger partial charge < -0.3 is 11.1 Å². The summed E-state index contributed by atoms with van der Waals surface area (Å²) in [5, 5.41) is 7.24. The molecule has 5 nitrogen and oxygen atoms in total. The molecule has 0 fully saturated rings. The second kappa shape index (κ2) is 5.36. The van der Waals surface area contributed by atoms with Crippen molar-refractivity contribution in [3.05, 3.63) is 46.3 Å². The number of carbonyl (C=O) groups is 1. The molecule has 0 radical (unpaired) electrons. The fraction of sp³-hybridized carbons (Fsp3) is 0.333. The van der Waals surface area contributed by atoms with E-state index < -0.39 is 0 Å². The molecule has 0 saturated heterocycles. The van der Waals surface area contributed by atoms with Crippen LogP contribution in [-0.2, 0) is 13.6 Å². The van der Waals surface area contributed by atoms with Gasteiger partial charge in [0.15, 0.2) is 0 Å². The molecular formula is C15H20N4O. The number of para-hydroxylation sites is 1. The Bertz CT molecular complexity index is 658. The number of rotatable bonds is 3. The smallest absolute Gasteiger partial charge is 0.253 e. The van der Waals surface area contributed by atoms with E-state index in [1.54, 1.807) is 6.07 Å². The van der Waals surface area contributed by atoms with Crippen molar-refractivity contribution in [3.63, 3.8) is 0 Å². The number of aryl methyl sites for hydroxylation is 3. The second-order valence-electron chi connectivity index (χ2n) is 4.99. The zero-order chi connectivity index (χ0) is 14.9. The maximum atomic E-state index is 12.2. The van der Waals surface area contributed by atoms with Crippen LogP contribution in [0.15, 0.2) is 18.2 Å². The minimum atomic E-state index is -0.158. The lowest BCUT2D eigenvalue weighted by Crippen LogP contribution is -2.24. The summed E-state index contributed by atoms with van der Waals surface area (Å²) in [6.45, 7) is 6.28. The molecule has 0 unspecified atom stereocenters. The van der Waals surface area contributed by atoms with Crippen molar-refractivity contribution in [2.24, 2.45) is 7.05 Å². The molecule has 1 amide bonds. The van der Waals surface area contributed by atoms with E-state index in [2.05, 4.69) is 10.4 Å². The largest absolute Gasteiger partial charge is 0.398 e. The van der Waals surface area contributed by atoms with Gasteiger partial charge in [-0.25, -0.2) is 0 Å². The van der Waals surface area contributed by atoms with Crippen LogP contribution in [0.3, 0.4) is 0 Å². The molecule has 3 N–H and O–H groups in total. The summed E-state index contributed by atoms with van der Waals surface area (Å²) in [6.07, 6.45) is 0. The first-order valence-electron chi connectivity index (χ1n) is 6.54. The standard InChI is InChI=1S/C15H20N4O/c1-9-6-5-7-12(14(9)16)15(20)17-8-13-10(2)18-19(4)11(13)3/h5-7H,8,16H2,1-4H3,(H,17,20). The van der Waals surface area contributed by atoms with Crippen LogP contribution < -0.4 is 11.1 Å². The Balaban J connectivity index is 2.15. The summed E-state index contributed by atoms with van der Waals surface area (Å²) in [6, 6.07) is 5.46. The number of nitrogen functional groups attached to an aromatic ring is 1. The van der Waals surface area contributed by atoms with E-state index in [1.165, 1.54) is 0 Å². The fourth-order valence-corrected chi connectivity index (χ4v) is 2.22. The van der Waals surface area contributed by atoms with Crippen LogP contribution >= 0.6 is 0 Å². The van der Waals surface area contributed by atoms with Gasteiger partial charge in [-0.1, -0.05) is 12.1 Å². The van der Waals surface area contributed by atoms with Gasteiger partial charge in [-0.15, -0.1) is 0 Å². The Hall–Kier alpha value is -2.30. The first kappa shape index (κ1) is 14.1. The molecule has 106 valence electrons. The monoisotopic (exact) mass is 272 g/mol. The molecule has 1 aromatic heterocycles. The van der Waals surface area contributed by atoms with E-state index in [1.807, 2.05) is 44.6 Å². The van der Waals surface area contributed by atoms with Gasteiger partial charge in [0.05, 0.1) is 11.3 Å². The zero-order valence-electron chi connectivity index (χ0n) is 12.3. The first-order chi connectivity index (χ1) is 9.41. The van der Waals surface area contributed by atoms with Crippen molar-refractivity contribution >= 4 is 11.6 Å². The number of hydrogen-bond donors (Lipinski definition) is 2. The minimum absolute atomic E-state index is 0.158. The third kappa shape index (κ3) is 2.52. The van der Waals surface area contributed by atoms with Crippen molar-refractivity contribution in [1.29, 1.82) is 0 Å². The number of nitrogens with one attached hydrogen (secondary N) is 1. The number of benzene rings is 1. The van der Waals surface area contributed by atoms with Crippen LogP contribution in [0.4, 0.5) is 5.69 Å². The van der Waals surface area contributed by atoms with Crippen LogP contribution in [0.1, 0.15) is 32.9 Å². The van der Waals surface area contributed by atoms with Crippen molar-refractivity contribution in [3.8, 4) is 0 Å². The highest BCUT2D eigenvalue weighted by Crippen LogP contribution is 2.17. The van der Waals surface area contributed by atoms with Gasteiger partial charge in [-0.2, -0.15) is 5.10 Å². The summed E-state index contributed by atoms with van der Waals surface area (Å²) >= 11 is 0. The van der Waals surface area contributed by atoms with Gasteiger partial charge in [0.1, 0.15) is 0 Å². The highest BCUT2D eigenvalue weighted by Gasteiger charge is 2.13. The summed E-state index contributed by atoms with van der Waals surface area (Å²) in [7, 11) is 1.90. The highest BCUT2D eigenvalue weighted by molar-refractivity contribution is 5.99. The van der Waals surface area contributed by atoms with Crippen molar-refractivity contribution in [2.75, 3.05) is 5.73 Å². The Labute approximate surface area is 118 Å². The number of aromatic nitrogens is 2. The molecule has 0 saturated carbocycles. The van der Waals surface area contributed by atoms with Crippen molar-refractivity contribution < 1.29 is 4.79 Å². The van der Waals surface area contributed by atoms with Crippen molar-refractivity contribution in [1.82, 2.24) is 15.1 Å². The van der Waals surface area contributed by atoms with Gasteiger partial charge in [0.2, 0.25) is 0 Å². The first-order valence-corrected chi connectivity index (χ1v) is 6.54. The predicted octanol–water partition coefficient (Wildman–Crippen LogP) is 1.86. The van der Waals surface area contributed by atoms with Gasteiger partial charge in [0, 0.05) is 30.5 Å². The summed E-state index contributed by atoms with van der Waals surface area (Å²) in [5.41, 5.74) is 10.9. The molecule has 0 bridgehead atoms. The quantitative estimate of drug-likeness (QED) is 0.838. The third-order valence-corrected chi connectivity index (χ3v) is 3.65. The SMILES string of the molecule is Cc1cccc(C(=O)NCc2c(C)nn(C)c2C)c1N. The Morgan fingerprint density at radius 2 is 2.05 bits per heavy atom. The molecule has 0 spiro atoms. The molecular weight excluding hydrogens is 252 g/mol. The fourth-order valence-electron chi connectivity index (χ4n) is 2.22. The average molecular weight is 272 g/mol. The lowest BCUT2D eigenvalue weighted by atomic mass is 10.1. The second-order valence-corrected chi connectivity index (χ2v) is 4.99. The Kier molecular flexibility index (Phi) is 3.79. The molecule has 1 heterocycles. The molecule has 20 heavy (non-hydrogen) atoms. The number of nitrogens with zero attached hydrogens (tertiary/aromatic N) is 2. The lowest BCUT2D eigenvalue weighted by Gasteiger charge is -2.09. The Morgan fingerprint density at radius 3 is 2.65 bits per heavy atom. The molecule has 0 atom stereocenters. The zero-order valence-corrected chi connectivity index (χ0v) is 12.3. The van der Waals surface area contributed by atoms with E-state index in [0.29, 0.717) is 17.8 Å². The summed E-state index contributed by atoms with van der Waals surface area (Å²) in [4.78, 5) is 12.2. The van der Waals surface area contributed by atoms with Crippen molar-refractivity contribution in [2.45, 2.75) is 27.3 Å². The molecule has 0 aliphatic carbocycles. The van der Waals surface area contributed by atoms with Gasteiger partial charge >= 0.3 is 0 Å². The maximum Gasteiger partial charge on any atom is 0.253 e. The topological polar surface area (TPSA) is 72.9 Å². The van der Waals surface area contributed by atoms with Gasteiger partial charge in [-0.05, 0) is 32.4 Å². The predicted molar refractivity (Wildman–Crippen MR) is 79.4 cm³/mol. The molecule has 2 aromatic rings. The molecule has 5 heteroatoms. The van der Waals surface area contributed by atoms with Crippen LogP contribution in [0.5, 0.6) is 0 Å². The van der Waals surface area contributed by atoms with E-state index in [4.69, 9.17) is 5.73 Å². The van der Waals surface area contributed by atoms with E-state index in [9.17, 15) is 4.79 Å². The number of carbonyl (C=O) groups excluding carboxylic acids is 1. The van der Waals surface area contributed by atoms with Gasteiger partial charge in [0.25, 0.3) is 5.91 Å². The van der Waals surface area contributed by atoms with E-state index in [0.717, 1.165) is 22.5 Å². The lowest BCUT2D eigenvalue weighted by molar-refractivity contribution is 0.0951. The Morgan fingerprint density at radius 1 is 1.35 bits per heavy atom. The molecule has 2 rings (SSSR count). The number of hydrogen-bond acceptors (Lipinski definition) is 3. The minimum Gasteiger partial charge on any atom is -0.398 e. The number of amides is 1.